The molecule has 0 bridgehead atoms. The van der Waals surface area contributed by atoms with Crippen LogP contribution in [0.1, 0.15) is 25.5 Å². The number of aliphatic hydroxyl groups is 1. The highest BCUT2D eigenvalue weighted by atomic mass is 35.5. The smallest absolute Gasteiger partial charge is 0.162 e. The van der Waals surface area contributed by atoms with E-state index in [-0.39, 0.29) is 12.6 Å². The number of hydrogen-bond acceptors (Lipinski definition) is 4. The summed E-state index contributed by atoms with van der Waals surface area (Å²) in [5, 5.41) is 10.1. The van der Waals surface area contributed by atoms with E-state index in [1.807, 2.05) is 13.8 Å². The predicted molar refractivity (Wildman–Crippen MR) is 67.8 cm³/mol. The van der Waals surface area contributed by atoms with Gasteiger partial charge in [0.25, 0.3) is 0 Å². The minimum Gasteiger partial charge on any atom is -0.493 e. The van der Waals surface area contributed by atoms with Crippen LogP contribution in [-0.4, -0.2) is 24.9 Å². The first kappa shape index (κ1) is 14.1. The molecule has 0 aliphatic rings. The maximum Gasteiger partial charge on any atom is 0.162 e. The van der Waals surface area contributed by atoms with E-state index in [0.29, 0.717) is 22.1 Å². The summed E-state index contributed by atoms with van der Waals surface area (Å²) in [5.41, 5.74) is 5.96. The first-order chi connectivity index (χ1) is 7.99. The van der Waals surface area contributed by atoms with Crippen LogP contribution in [0, 0.1) is 0 Å². The number of rotatable bonds is 5. The van der Waals surface area contributed by atoms with Crippen molar-refractivity contribution in [1.29, 1.82) is 0 Å². The van der Waals surface area contributed by atoms with Crippen molar-refractivity contribution in [2.45, 2.75) is 26.1 Å². The summed E-state index contributed by atoms with van der Waals surface area (Å²) < 4.78 is 10.8. The molecule has 0 spiro atoms. The first-order valence-electron chi connectivity index (χ1n) is 5.41. The van der Waals surface area contributed by atoms with Gasteiger partial charge in [0.15, 0.2) is 11.5 Å². The molecule has 0 aliphatic carbocycles. The molecule has 1 aromatic carbocycles. The molecule has 1 aromatic rings. The summed E-state index contributed by atoms with van der Waals surface area (Å²) in [4.78, 5) is 0. The monoisotopic (exact) mass is 259 g/mol. The maximum absolute atomic E-state index is 9.73. The molecule has 0 amide bonds. The van der Waals surface area contributed by atoms with Crippen LogP contribution < -0.4 is 15.2 Å². The summed E-state index contributed by atoms with van der Waals surface area (Å²) in [6.45, 7) is 3.92. The van der Waals surface area contributed by atoms with Crippen LogP contribution >= 0.6 is 11.6 Å². The lowest BCUT2D eigenvalue weighted by Crippen LogP contribution is -2.13. The third-order valence-corrected chi connectivity index (χ3v) is 2.56. The molecule has 3 N–H and O–H groups in total. The Labute approximate surface area is 106 Å². The zero-order valence-corrected chi connectivity index (χ0v) is 11.0. The highest BCUT2D eigenvalue weighted by molar-refractivity contribution is 6.31. The van der Waals surface area contributed by atoms with Gasteiger partial charge in [0.1, 0.15) is 0 Å². The molecule has 4 nitrogen and oxygen atoms in total. The second-order valence-electron chi connectivity index (χ2n) is 3.94. The largest absolute Gasteiger partial charge is 0.493 e. The van der Waals surface area contributed by atoms with Gasteiger partial charge in [-0.1, -0.05) is 11.6 Å². The van der Waals surface area contributed by atoms with Gasteiger partial charge in [-0.3, -0.25) is 0 Å². The van der Waals surface area contributed by atoms with Crippen molar-refractivity contribution in [2.24, 2.45) is 5.73 Å². The number of ether oxygens (including phenoxy) is 2. The summed E-state index contributed by atoms with van der Waals surface area (Å²) in [6.07, 6.45) is -0.795. The fourth-order valence-corrected chi connectivity index (χ4v) is 1.72. The second kappa shape index (κ2) is 6.10. The molecule has 1 unspecified atom stereocenters. The Morgan fingerprint density at radius 2 is 2.00 bits per heavy atom. The van der Waals surface area contributed by atoms with E-state index in [1.165, 1.54) is 7.11 Å². The highest BCUT2D eigenvalue weighted by Crippen LogP contribution is 2.36. The zero-order valence-electron chi connectivity index (χ0n) is 10.2. The van der Waals surface area contributed by atoms with Gasteiger partial charge in [0.2, 0.25) is 0 Å². The molecule has 1 atom stereocenters. The molecule has 0 aromatic heterocycles. The van der Waals surface area contributed by atoms with Gasteiger partial charge in [0, 0.05) is 18.2 Å². The van der Waals surface area contributed by atoms with E-state index in [0.717, 1.165) is 0 Å². The van der Waals surface area contributed by atoms with Crippen LogP contribution in [0.25, 0.3) is 0 Å². The molecule has 96 valence electrons. The van der Waals surface area contributed by atoms with Gasteiger partial charge in [-0.2, -0.15) is 0 Å². The topological polar surface area (TPSA) is 64.7 Å². The van der Waals surface area contributed by atoms with E-state index >= 15 is 0 Å². The maximum atomic E-state index is 9.73. The molecule has 17 heavy (non-hydrogen) atoms. The van der Waals surface area contributed by atoms with E-state index < -0.39 is 6.10 Å². The van der Waals surface area contributed by atoms with E-state index in [9.17, 15) is 5.11 Å². The van der Waals surface area contributed by atoms with Crippen LogP contribution in [0.2, 0.25) is 5.02 Å². The predicted octanol–water partition coefficient (Wildman–Crippen LogP) is 2.13. The molecule has 0 heterocycles. The van der Waals surface area contributed by atoms with Crippen molar-refractivity contribution in [3.63, 3.8) is 0 Å². The van der Waals surface area contributed by atoms with Crippen LogP contribution in [-0.2, 0) is 0 Å². The Morgan fingerprint density at radius 1 is 1.35 bits per heavy atom. The minimum absolute atomic E-state index is 0.00736. The number of benzene rings is 1. The van der Waals surface area contributed by atoms with Gasteiger partial charge < -0.3 is 20.3 Å². The summed E-state index contributed by atoms with van der Waals surface area (Å²) >= 11 is 6.04. The normalized spacial score (nSPS) is 12.6. The Balaban J connectivity index is 3.17. The SMILES string of the molecule is COc1cc(Cl)c(C(O)CN)cc1OC(C)C. The van der Waals surface area contributed by atoms with Gasteiger partial charge in [0.05, 0.1) is 24.3 Å². The Kier molecular flexibility index (Phi) is 5.05. The molecule has 0 aliphatic heterocycles. The van der Waals surface area contributed by atoms with Gasteiger partial charge in [-0.05, 0) is 19.9 Å². The zero-order chi connectivity index (χ0) is 13.0. The average molecular weight is 260 g/mol. The highest BCUT2D eigenvalue weighted by Gasteiger charge is 2.16. The number of nitrogens with two attached hydrogens (primary N) is 1. The van der Waals surface area contributed by atoms with Crippen molar-refractivity contribution >= 4 is 11.6 Å². The Hall–Kier alpha value is -0.970. The van der Waals surface area contributed by atoms with Crippen LogP contribution in [0.3, 0.4) is 0 Å². The molecule has 0 fully saturated rings. The fourth-order valence-electron chi connectivity index (χ4n) is 1.44. The van der Waals surface area contributed by atoms with Crippen LogP contribution in [0.4, 0.5) is 0 Å². The molecule has 0 saturated heterocycles. The van der Waals surface area contributed by atoms with Crippen molar-refractivity contribution in [3.8, 4) is 11.5 Å². The van der Waals surface area contributed by atoms with Crippen LogP contribution in [0.15, 0.2) is 12.1 Å². The summed E-state index contributed by atoms with van der Waals surface area (Å²) in [6, 6.07) is 3.28. The van der Waals surface area contributed by atoms with Gasteiger partial charge >= 0.3 is 0 Å². The number of methoxy groups -OCH3 is 1. The Morgan fingerprint density at radius 3 is 2.47 bits per heavy atom. The molecular weight excluding hydrogens is 242 g/mol. The van der Waals surface area contributed by atoms with E-state index in [4.69, 9.17) is 26.8 Å². The van der Waals surface area contributed by atoms with Crippen molar-refractivity contribution < 1.29 is 14.6 Å². The van der Waals surface area contributed by atoms with Crippen molar-refractivity contribution in [3.05, 3.63) is 22.7 Å². The fraction of sp³-hybridized carbons (Fsp3) is 0.500. The lowest BCUT2D eigenvalue weighted by molar-refractivity contribution is 0.184. The van der Waals surface area contributed by atoms with Crippen LogP contribution in [0.5, 0.6) is 11.5 Å². The second-order valence-corrected chi connectivity index (χ2v) is 4.35. The average Bonchev–Trinajstić information content (AvgIpc) is 2.29. The number of halogens is 1. The third-order valence-electron chi connectivity index (χ3n) is 2.23. The molecule has 0 radical (unpaired) electrons. The van der Waals surface area contributed by atoms with E-state index in [1.54, 1.807) is 12.1 Å². The number of hydrogen-bond donors (Lipinski definition) is 2. The minimum atomic E-state index is -0.803. The summed E-state index contributed by atoms with van der Waals surface area (Å²) in [7, 11) is 1.54. The van der Waals surface area contributed by atoms with Gasteiger partial charge in [-0.25, -0.2) is 0 Å². The molecule has 1 rings (SSSR count). The summed E-state index contributed by atoms with van der Waals surface area (Å²) in [5.74, 6) is 1.09. The molecule has 5 heteroatoms. The standard InChI is InChI=1S/C12H18ClNO3/c1-7(2)17-12-4-8(10(15)6-14)9(13)5-11(12)16-3/h4-5,7,10,15H,6,14H2,1-3H3. The van der Waals surface area contributed by atoms with Gasteiger partial charge in [-0.15, -0.1) is 0 Å². The molecule has 0 saturated carbocycles. The Bertz CT molecular complexity index is 382. The number of aliphatic hydroxyl groups excluding tert-OH is 1. The third kappa shape index (κ3) is 3.49. The van der Waals surface area contributed by atoms with Crippen molar-refractivity contribution in [1.82, 2.24) is 0 Å². The molecular formula is C12H18ClNO3. The first-order valence-corrected chi connectivity index (χ1v) is 5.79. The van der Waals surface area contributed by atoms with Crippen molar-refractivity contribution in [2.75, 3.05) is 13.7 Å². The lowest BCUT2D eigenvalue weighted by Gasteiger charge is -2.17. The lowest BCUT2D eigenvalue weighted by atomic mass is 10.1. The quantitative estimate of drug-likeness (QED) is 0.850. The van der Waals surface area contributed by atoms with E-state index in [2.05, 4.69) is 0 Å².